The third-order valence-electron chi connectivity index (χ3n) is 7.94. The van der Waals surface area contributed by atoms with Gasteiger partial charge >= 0.3 is 0 Å². The molecule has 42 heavy (non-hydrogen) atoms. The Labute approximate surface area is 260 Å². The van der Waals surface area contributed by atoms with Crippen LogP contribution in [0.3, 0.4) is 0 Å². The van der Waals surface area contributed by atoms with Crippen LogP contribution in [0.15, 0.2) is 75.7 Å². The molecule has 1 aliphatic heterocycles. The summed E-state index contributed by atoms with van der Waals surface area (Å²) < 4.78 is 40.9. The van der Waals surface area contributed by atoms with E-state index in [2.05, 4.69) is 56.7 Å². The number of rotatable bonds is 7. The highest BCUT2D eigenvalue weighted by molar-refractivity contribution is 9.10. The largest absolute Gasteiger partial charge is 0.369 e. The average Bonchev–Trinajstić information content (AvgIpc) is 2.96. The minimum Gasteiger partial charge on any atom is -0.369 e. The number of carbonyl (C=O) groups excluding carboxylic acids is 1. The predicted octanol–water partition coefficient (Wildman–Crippen LogP) is 6.54. The first kappa shape index (κ1) is 30.7. The van der Waals surface area contributed by atoms with Gasteiger partial charge in [0.05, 0.1) is 4.90 Å². The molecule has 2 aliphatic rings. The quantitative estimate of drug-likeness (QED) is 0.287. The van der Waals surface area contributed by atoms with Crippen LogP contribution in [0.4, 0.5) is 10.1 Å². The van der Waals surface area contributed by atoms with E-state index < -0.39 is 21.7 Å². The van der Waals surface area contributed by atoms with Gasteiger partial charge in [-0.2, -0.15) is 0 Å². The van der Waals surface area contributed by atoms with Crippen LogP contribution < -0.4 is 9.62 Å². The molecule has 1 aromatic heterocycles. The molecule has 2 heterocycles. The summed E-state index contributed by atoms with van der Waals surface area (Å²) in [6, 6.07) is 16.8. The Hall–Kier alpha value is -2.79. The van der Waals surface area contributed by atoms with E-state index in [1.807, 2.05) is 16.9 Å². The van der Waals surface area contributed by atoms with E-state index in [0.29, 0.717) is 0 Å². The maximum absolute atomic E-state index is 13.4. The molecule has 5 rings (SSSR count). The fourth-order valence-electron chi connectivity index (χ4n) is 5.51. The standard InChI is InChI=1S/C31H33BrClFN4O3S/c1-31(2)14-13-22(26(19-31)21-3-5-23(33)6-4-21)20-37-15-17-38(18-16-37)24-7-9-25(10-8-24)42(40,41)36-30(39)28-12-11-27(34)29(32)35-28/h3-12H,13-20H2,1-2H3,(H,36,39). The van der Waals surface area contributed by atoms with E-state index in [9.17, 15) is 17.6 Å². The highest BCUT2D eigenvalue weighted by Crippen LogP contribution is 2.43. The van der Waals surface area contributed by atoms with E-state index in [4.69, 9.17) is 11.6 Å². The monoisotopic (exact) mass is 674 g/mol. The summed E-state index contributed by atoms with van der Waals surface area (Å²) in [7, 11) is -4.13. The number of hydrogen-bond acceptors (Lipinski definition) is 6. The highest BCUT2D eigenvalue weighted by atomic mass is 79.9. The second kappa shape index (κ2) is 12.4. The lowest BCUT2D eigenvalue weighted by molar-refractivity contribution is 0.0976. The second-order valence-electron chi connectivity index (χ2n) is 11.6. The summed E-state index contributed by atoms with van der Waals surface area (Å²) in [6.45, 7) is 9.06. The molecule has 0 saturated carbocycles. The molecule has 3 aromatic rings. The van der Waals surface area contributed by atoms with E-state index >= 15 is 0 Å². The number of sulfonamides is 1. The molecule has 11 heteroatoms. The zero-order valence-corrected chi connectivity index (χ0v) is 26.7. The molecule has 7 nitrogen and oxygen atoms in total. The number of halogens is 3. The van der Waals surface area contributed by atoms with Gasteiger partial charge in [-0.1, -0.05) is 43.2 Å². The van der Waals surface area contributed by atoms with Crippen LogP contribution in [-0.2, 0) is 10.0 Å². The number of aromatic nitrogens is 1. The number of pyridine rings is 1. The molecule has 1 amide bonds. The molecule has 0 radical (unpaired) electrons. The van der Waals surface area contributed by atoms with Crippen molar-refractivity contribution in [2.24, 2.45) is 5.41 Å². The molecule has 0 atom stereocenters. The minimum absolute atomic E-state index is 0.0405. The Balaban J connectivity index is 1.21. The van der Waals surface area contributed by atoms with E-state index in [1.165, 1.54) is 35.3 Å². The van der Waals surface area contributed by atoms with Gasteiger partial charge in [-0.3, -0.25) is 9.69 Å². The van der Waals surface area contributed by atoms with Crippen molar-refractivity contribution in [3.05, 3.63) is 92.9 Å². The van der Waals surface area contributed by atoms with Crippen LogP contribution in [0, 0.1) is 11.2 Å². The van der Waals surface area contributed by atoms with Gasteiger partial charge in [0.2, 0.25) is 0 Å². The van der Waals surface area contributed by atoms with Gasteiger partial charge < -0.3 is 4.90 Å². The third kappa shape index (κ3) is 7.22. The SMILES string of the molecule is CC1(C)CCC(CN2CCN(c3ccc(S(=O)(=O)NC(=O)c4ccc(F)c(Br)n4)cc3)CC2)=C(c2ccc(Cl)cc2)C1. The van der Waals surface area contributed by atoms with Gasteiger partial charge in [0, 0.05) is 43.4 Å². The maximum Gasteiger partial charge on any atom is 0.283 e. The van der Waals surface area contributed by atoms with Crippen molar-refractivity contribution < 1.29 is 17.6 Å². The number of nitrogens with one attached hydrogen (secondary N) is 1. The Morgan fingerprint density at radius 3 is 2.33 bits per heavy atom. The number of amides is 1. The summed E-state index contributed by atoms with van der Waals surface area (Å²) in [6.07, 6.45) is 3.32. The molecule has 222 valence electrons. The number of hydrogen-bond donors (Lipinski definition) is 1. The van der Waals surface area contributed by atoms with Crippen LogP contribution in [0.25, 0.3) is 5.57 Å². The van der Waals surface area contributed by atoms with Gasteiger partial charge in [-0.25, -0.2) is 22.5 Å². The van der Waals surface area contributed by atoms with Crippen molar-refractivity contribution in [1.82, 2.24) is 14.6 Å². The normalized spacial score (nSPS) is 17.8. The zero-order valence-electron chi connectivity index (χ0n) is 23.5. The van der Waals surface area contributed by atoms with Crippen molar-refractivity contribution >= 4 is 54.7 Å². The van der Waals surface area contributed by atoms with Crippen molar-refractivity contribution in [2.45, 2.75) is 38.0 Å². The number of piperazine rings is 1. The first-order valence-corrected chi connectivity index (χ1v) is 16.5. The molecule has 0 spiro atoms. The highest BCUT2D eigenvalue weighted by Gasteiger charge is 2.29. The van der Waals surface area contributed by atoms with Crippen molar-refractivity contribution in [2.75, 3.05) is 37.6 Å². The molecule has 1 N–H and O–H groups in total. The van der Waals surface area contributed by atoms with Gasteiger partial charge in [0.15, 0.2) is 5.82 Å². The molecule has 1 fully saturated rings. The molecule has 0 unspecified atom stereocenters. The van der Waals surface area contributed by atoms with E-state index in [1.54, 1.807) is 12.1 Å². The smallest absolute Gasteiger partial charge is 0.283 e. The Morgan fingerprint density at radius 2 is 1.69 bits per heavy atom. The first-order chi connectivity index (χ1) is 19.9. The van der Waals surface area contributed by atoms with Gasteiger partial charge in [0.25, 0.3) is 15.9 Å². The van der Waals surface area contributed by atoms with Crippen LogP contribution in [-0.4, -0.2) is 56.9 Å². The fraction of sp³-hybridized carbons (Fsp3) is 0.355. The third-order valence-corrected chi connectivity index (χ3v) is 10.1. The van der Waals surface area contributed by atoms with Gasteiger partial charge in [0.1, 0.15) is 10.3 Å². The van der Waals surface area contributed by atoms with Crippen LogP contribution in [0.2, 0.25) is 5.02 Å². The number of carbonyl (C=O) groups is 1. The molecular weight excluding hydrogens is 643 g/mol. The predicted molar refractivity (Wildman–Crippen MR) is 168 cm³/mol. The van der Waals surface area contributed by atoms with Crippen LogP contribution >= 0.6 is 27.5 Å². The summed E-state index contributed by atoms with van der Waals surface area (Å²) in [5.74, 6) is -1.59. The Kier molecular flexibility index (Phi) is 9.08. The molecule has 1 aliphatic carbocycles. The maximum atomic E-state index is 13.4. The van der Waals surface area contributed by atoms with Gasteiger partial charge in [-0.05, 0) is 100 Å². The van der Waals surface area contributed by atoms with Crippen LogP contribution in [0.5, 0.6) is 0 Å². The number of allylic oxidation sites excluding steroid dienone is 1. The second-order valence-corrected chi connectivity index (χ2v) is 14.5. The summed E-state index contributed by atoms with van der Waals surface area (Å²) in [5, 5.41) is 0.748. The Morgan fingerprint density at radius 1 is 1.02 bits per heavy atom. The minimum atomic E-state index is -4.13. The van der Waals surface area contributed by atoms with Crippen molar-refractivity contribution in [3.63, 3.8) is 0 Å². The topological polar surface area (TPSA) is 82.6 Å². The van der Waals surface area contributed by atoms with Gasteiger partial charge in [-0.15, -0.1) is 0 Å². The number of nitrogens with zero attached hydrogens (tertiary/aromatic N) is 3. The number of benzene rings is 2. The average molecular weight is 676 g/mol. The van der Waals surface area contributed by atoms with Crippen molar-refractivity contribution in [1.29, 1.82) is 0 Å². The molecular formula is C31H33BrClFN4O3S. The lowest BCUT2D eigenvalue weighted by Gasteiger charge is -2.39. The molecule has 0 bridgehead atoms. The zero-order chi connectivity index (χ0) is 30.1. The van der Waals surface area contributed by atoms with Crippen LogP contribution in [0.1, 0.15) is 49.2 Å². The fourth-order valence-corrected chi connectivity index (χ4v) is 6.92. The molecule has 1 saturated heterocycles. The summed E-state index contributed by atoms with van der Waals surface area (Å²) in [4.78, 5) is 20.9. The lowest BCUT2D eigenvalue weighted by Crippen LogP contribution is -2.47. The molecule has 2 aromatic carbocycles. The Bertz CT molecular complexity index is 1600. The number of anilines is 1. The lowest BCUT2D eigenvalue weighted by atomic mass is 9.72. The first-order valence-electron chi connectivity index (χ1n) is 13.8. The van der Waals surface area contributed by atoms with E-state index in [-0.39, 0.29) is 20.6 Å². The summed E-state index contributed by atoms with van der Waals surface area (Å²) in [5.41, 5.74) is 5.18. The summed E-state index contributed by atoms with van der Waals surface area (Å²) >= 11 is 9.06. The van der Waals surface area contributed by atoms with E-state index in [0.717, 1.165) is 68.4 Å². The van der Waals surface area contributed by atoms with Crippen molar-refractivity contribution in [3.8, 4) is 0 Å².